The van der Waals surface area contributed by atoms with Gasteiger partial charge in [-0.3, -0.25) is 19.3 Å². The van der Waals surface area contributed by atoms with Crippen LogP contribution in [0.15, 0.2) is 24.4 Å². The van der Waals surface area contributed by atoms with Crippen molar-refractivity contribution in [3.8, 4) is 0 Å². The van der Waals surface area contributed by atoms with Crippen molar-refractivity contribution in [2.24, 2.45) is 0 Å². The highest BCUT2D eigenvalue weighted by Gasteiger charge is 2.31. The Morgan fingerprint density at radius 2 is 2.22 bits per heavy atom. The number of nitrogens with one attached hydrogen (secondary N) is 1. The van der Waals surface area contributed by atoms with Crippen molar-refractivity contribution < 1.29 is 9.59 Å². The number of amides is 2. The Balaban J connectivity index is 2.09. The van der Waals surface area contributed by atoms with E-state index in [1.54, 1.807) is 10.6 Å². The van der Waals surface area contributed by atoms with E-state index < -0.39 is 5.92 Å². The summed E-state index contributed by atoms with van der Waals surface area (Å²) in [5.74, 6) is -0.578. The van der Waals surface area contributed by atoms with Gasteiger partial charge in [-0.25, -0.2) is 4.98 Å². The highest BCUT2D eigenvalue weighted by atomic mass is 16.2. The molecule has 3 rings (SSSR count). The predicted molar refractivity (Wildman–Crippen MR) is 64.7 cm³/mol. The number of carbonyl (C=O) groups is 2. The number of anilines is 1. The maximum Gasteiger partial charge on any atom is 0.235 e. The molecule has 3 N–H and O–H groups in total. The van der Waals surface area contributed by atoms with E-state index in [0.29, 0.717) is 24.5 Å². The number of carbonyl (C=O) groups excluding carboxylic acids is 2. The Morgan fingerprint density at radius 3 is 3.00 bits per heavy atom. The fourth-order valence-corrected chi connectivity index (χ4v) is 2.30. The summed E-state index contributed by atoms with van der Waals surface area (Å²) < 4.78 is 1.74. The molecule has 18 heavy (non-hydrogen) atoms. The molecule has 1 aliphatic heterocycles. The van der Waals surface area contributed by atoms with Gasteiger partial charge in [0.25, 0.3) is 0 Å². The van der Waals surface area contributed by atoms with Gasteiger partial charge in [-0.15, -0.1) is 0 Å². The van der Waals surface area contributed by atoms with E-state index in [0.717, 1.165) is 5.52 Å². The van der Waals surface area contributed by atoms with Crippen molar-refractivity contribution >= 4 is 23.3 Å². The molecule has 6 heteroatoms. The maximum atomic E-state index is 11.8. The van der Waals surface area contributed by atoms with E-state index in [1.165, 1.54) is 0 Å². The number of rotatable bonds is 1. The summed E-state index contributed by atoms with van der Waals surface area (Å²) in [7, 11) is 0. The van der Waals surface area contributed by atoms with Crippen LogP contribution in [0.1, 0.15) is 24.5 Å². The van der Waals surface area contributed by atoms with E-state index in [1.807, 2.05) is 18.2 Å². The second kappa shape index (κ2) is 3.83. The summed E-state index contributed by atoms with van der Waals surface area (Å²) in [6.45, 7) is 0. The molecule has 1 unspecified atom stereocenters. The van der Waals surface area contributed by atoms with Crippen molar-refractivity contribution in [1.29, 1.82) is 0 Å². The van der Waals surface area contributed by atoms with Crippen LogP contribution in [0.4, 0.5) is 5.95 Å². The average Bonchev–Trinajstić information content (AvgIpc) is 2.68. The number of imide groups is 1. The normalized spacial score (nSPS) is 20.1. The summed E-state index contributed by atoms with van der Waals surface area (Å²) in [4.78, 5) is 27.2. The molecule has 1 saturated heterocycles. The first-order valence-electron chi connectivity index (χ1n) is 5.73. The lowest BCUT2D eigenvalue weighted by Crippen LogP contribution is -2.39. The van der Waals surface area contributed by atoms with Gasteiger partial charge in [-0.1, -0.05) is 6.07 Å². The lowest BCUT2D eigenvalue weighted by atomic mass is 9.94. The van der Waals surface area contributed by atoms with E-state index >= 15 is 0 Å². The topological polar surface area (TPSA) is 89.5 Å². The van der Waals surface area contributed by atoms with Gasteiger partial charge in [-0.05, 0) is 18.6 Å². The summed E-state index contributed by atoms with van der Waals surface area (Å²) in [5.41, 5.74) is 7.26. The van der Waals surface area contributed by atoms with Crippen LogP contribution in [-0.2, 0) is 9.59 Å². The molecule has 0 spiro atoms. The third-order valence-electron chi connectivity index (χ3n) is 3.17. The number of nitrogens with two attached hydrogens (primary N) is 1. The van der Waals surface area contributed by atoms with Crippen molar-refractivity contribution in [3.05, 3.63) is 30.1 Å². The zero-order valence-electron chi connectivity index (χ0n) is 9.59. The maximum absolute atomic E-state index is 11.8. The number of hydrogen-bond donors (Lipinski definition) is 2. The van der Waals surface area contributed by atoms with E-state index in [4.69, 9.17) is 5.73 Å². The van der Waals surface area contributed by atoms with Crippen molar-refractivity contribution in [1.82, 2.24) is 14.7 Å². The van der Waals surface area contributed by atoms with E-state index in [9.17, 15) is 9.59 Å². The highest BCUT2D eigenvalue weighted by Crippen LogP contribution is 2.28. The van der Waals surface area contributed by atoms with Gasteiger partial charge in [0.15, 0.2) is 0 Å². The zero-order valence-corrected chi connectivity index (χ0v) is 9.59. The Morgan fingerprint density at radius 1 is 1.39 bits per heavy atom. The minimum absolute atomic E-state index is 0.229. The number of pyridine rings is 1. The number of fused-ring (bicyclic) bond motifs is 1. The molecule has 0 aromatic carbocycles. The van der Waals surface area contributed by atoms with Crippen LogP contribution >= 0.6 is 0 Å². The van der Waals surface area contributed by atoms with Gasteiger partial charge in [0, 0.05) is 12.6 Å². The third-order valence-corrected chi connectivity index (χ3v) is 3.17. The van der Waals surface area contributed by atoms with Crippen LogP contribution in [0.5, 0.6) is 0 Å². The molecule has 2 aromatic heterocycles. The van der Waals surface area contributed by atoms with Crippen molar-refractivity contribution in [3.63, 3.8) is 0 Å². The van der Waals surface area contributed by atoms with Gasteiger partial charge >= 0.3 is 0 Å². The van der Waals surface area contributed by atoms with Crippen molar-refractivity contribution in [2.45, 2.75) is 18.8 Å². The van der Waals surface area contributed by atoms with Crippen LogP contribution in [0.3, 0.4) is 0 Å². The number of nitrogens with zero attached hydrogens (tertiary/aromatic N) is 2. The summed E-state index contributed by atoms with van der Waals surface area (Å²) in [6.07, 6.45) is 2.61. The summed E-state index contributed by atoms with van der Waals surface area (Å²) >= 11 is 0. The number of hydrogen-bond acceptors (Lipinski definition) is 4. The molecular weight excluding hydrogens is 232 g/mol. The largest absolute Gasteiger partial charge is 0.369 e. The summed E-state index contributed by atoms with van der Waals surface area (Å²) in [5, 5.41) is 2.33. The van der Waals surface area contributed by atoms with Crippen LogP contribution in [0.25, 0.3) is 5.52 Å². The number of piperidine rings is 1. The Kier molecular flexibility index (Phi) is 2.29. The molecule has 1 atom stereocenters. The van der Waals surface area contributed by atoms with Crippen LogP contribution in [-0.4, -0.2) is 21.2 Å². The van der Waals surface area contributed by atoms with Gasteiger partial charge in [-0.2, -0.15) is 0 Å². The molecule has 0 bridgehead atoms. The number of nitrogen functional groups attached to an aromatic ring is 1. The Labute approximate surface area is 103 Å². The molecule has 2 aromatic rings. The summed E-state index contributed by atoms with van der Waals surface area (Å²) in [6, 6.07) is 5.58. The van der Waals surface area contributed by atoms with Crippen LogP contribution in [0.2, 0.25) is 0 Å². The zero-order chi connectivity index (χ0) is 12.7. The SMILES string of the molecule is Nc1nc(C2CCC(=O)NC2=O)c2ccccn12. The molecule has 1 fully saturated rings. The van der Waals surface area contributed by atoms with E-state index in [-0.39, 0.29) is 11.8 Å². The molecular formula is C12H12N4O2. The van der Waals surface area contributed by atoms with E-state index in [2.05, 4.69) is 10.3 Å². The predicted octanol–water partition coefficient (Wildman–Crippen LogP) is 0.437. The second-order valence-electron chi connectivity index (χ2n) is 4.31. The van der Waals surface area contributed by atoms with Gasteiger partial charge < -0.3 is 5.73 Å². The molecule has 92 valence electrons. The molecule has 3 heterocycles. The molecule has 0 radical (unpaired) electrons. The number of imidazole rings is 1. The molecule has 1 aliphatic rings. The van der Waals surface area contributed by atoms with Gasteiger partial charge in [0.05, 0.1) is 17.1 Å². The van der Waals surface area contributed by atoms with Gasteiger partial charge in [0.2, 0.25) is 17.8 Å². The third kappa shape index (κ3) is 1.54. The molecule has 0 saturated carbocycles. The van der Waals surface area contributed by atoms with Crippen molar-refractivity contribution in [2.75, 3.05) is 5.73 Å². The Bertz CT molecular complexity index is 647. The molecule has 2 amide bonds. The first kappa shape index (κ1) is 10.8. The highest BCUT2D eigenvalue weighted by molar-refractivity contribution is 6.01. The molecule has 0 aliphatic carbocycles. The lowest BCUT2D eigenvalue weighted by Gasteiger charge is -2.19. The monoisotopic (exact) mass is 244 g/mol. The van der Waals surface area contributed by atoms with Crippen LogP contribution in [0, 0.1) is 0 Å². The standard InChI is InChI=1S/C12H12N4O2/c13-12-15-10(8-3-1-2-6-16(8)12)7-4-5-9(17)14-11(7)18/h1-3,6-7H,4-5H2,(H2,13,15)(H,14,17,18). The molecule has 6 nitrogen and oxygen atoms in total. The lowest BCUT2D eigenvalue weighted by molar-refractivity contribution is -0.134. The van der Waals surface area contributed by atoms with Crippen LogP contribution < -0.4 is 11.1 Å². The quantitative estimate of drug-likeness (QED) is 0.712. The minimum Gasteiger partial charge on any atom is -0.369 e. The second-order valence-corrected chi connectivity index (χ2v) is 4.31. The average molecular weight is 244 g/mol. The van der Waals surface area contributed by atoms with Gasteiger partial charge in [0.1, 0.15) is 0 Å². The smallest absolute Gasteiger partial charge is 0.235 e. The number of aromatic nitrogens is 2. The minimum atomic E-state index is -0.405. The Hall–Kier alpha value is -2.37. The fourth-order valence-electron chi connectivity index (χ4n) is 2.30. The first-order chi connectivity index (χ1) is 8.66. The first-order valence-corrected chi connectivity index (χ1v) is 5.73. The fraction of sp³-hybridized carbons (Fsp3) is 0.250.